The van der Waals surface area contributed by atoms with Gasteiger partial charge in [-0.15, -0.1) is 0 Å². The van der Waals surface area contributed by atoms with E-state index < -0.39 is 0 Å². The Morgan fingerprint density at radius 3 is 2.65 bits per heavy atom. The molecule has 2 fully saturated rings. The van der Waals surface area contributed by atoms with E-state index in [2.05, 4.69) is 10.2 Å². The van der Waals surface area contributed by atoms with Crippen LogP contribution in [0.1, 0.15) is 24.0 Å². The molecule has 6 heteroatoms. The summed E-state index contributed by atoms with van der Waals surface area (Å²) >= 11 is 6.02. The van der Waals surface area contributed by atoms with Gasteiger partial charge in [-0.3, -0.25) is 15.0 Å². The van der Waals surface area contributed by atoms with Crippen LogP contribution in [0.25, 0.3) is 0 Å². The van der Waals surface area contributed by atoms with E-state index in [-0.39, 0.29) is 10.6 Å². The van der Waals surface area contributed by atoms with Gasteiger partial charge in [0.25, 0.3) is 5.69 Å². The predicted molar refractivity (Wildman–Crippen MR) is 78.1 cm³/mol. The summed E-state index contributed by atoms with van der Waals surface area (Å²) < 4.78 is 0. The van der Waals surface area contributed by atoms with Crippen LogP contribution in [0.4, 0.5) is 5.69 Å². The van der Waals surface area contributed by atoms with Crippen molar-refractivity contribution < 1.29 is 4.92 Å². The zero-order valence-corrected chi connectivity index (χ0v) is 12.2. The number of halogens is 1. The van der Waals surface area contributed by atoms with E-state index in [1.807, 2.05) is 6.07 Å². The summed E-state index contributed by atoms with van der Waals surface area (Å²) in [5, 5.41) is 15.1. The molecule has 0 aromatic heterocycles. The van der Waals surface area contributed by atoms with Crippen LogP contribution in [0.3, 0.4) is 0 Å². The number of likely N-dealkylation sites (tertiary alicyclic amines) is 1. The molecule has 108 valence electrons. The molecule has 2 unspecified atom stereocenters. The Kier molecular flexibility index (Phi) is 3.67. The maximum atomic E-state index is 11.1. The van der Waals surface area contributed by atoms with Crippen LogP contribution in [-0.4, -0.2) is 35.0 Å². The third-order valence-electron chi connectivity index (χ3n) is 4.34. The molecular weight excluding hydrogens is 278 g/mol. The summed E-state index contributed by atoms with van der Waals surface area (Å²) in [6.45, 7) is 4.56. The Balaban J connectivity index is 1.82. The van der Waals surface area contributed by atoms with Gasteiger partial charge in [0.1, 0.15) is 0 Å². The molecule has 0 spiro atoms. The maximum Gasteiger partial charge on any atom is 0.274 e. The largest absolute Gasteiger partial charge is 0.309 e. The fourth-order valence-electron chi connectivity index (χ4n) is 3.33. The first kappa shape index (κ1) is 13.8. The normalized spacial score (nSPS) is 25.9. The fraction of sp³-hybridized carbons (Fsp3) is 0.571. The Morgan fingerprint density at radius 2 is 2.05 bits per heavy atom. The number of nitro groups is 1. The zero-order valence-electron chi connectivity index (χ0n) is 11.4. The van der Waals surface area contributed by atoms with Crippen molar-refractivity contribution >= 4 is 17.3 Å². The molecule has 2 bridgehead atoms. The highest BCUT2D eigenvalue weighted by Crippen LogP contribution is 2.29. The molecule has 0 saturated carbocycles. The standard InChI is InChI=1S/C14H18ClN3O2/c1-9-10(4-11(15)5-14(9)18(19)20)6-17-7-12-2-3-13(8-17)16-12/h4-5,12-13,16H,2-3,6-8H2,1H3. The molecule has 0 radical (unpaired) electrons. The number of hydrogen-bond acceptors (Lipinski definition) is 4. The Labute approximate surface area is 123 Å². The van der Waals surface area contributed by atoms with Crippen molar-refractivity contribution in [1.82, 2.24) is 10.2 Å². The molecule has 1 aromatic rings. The second-order valence-electron chi connectivity index (χ2n) is 5.80. The summed E-state index contributed by atoms with van der Waals surface area (Å²) in [5.41, 5.74) is 1.81. The fourth-order valence-corrected chi connectivity index (χ4v) is 3.57. The number of nitrogens with zero attached hydrogens (tertiary/aromatic N) is 2. The van der Waals surface area contributed by atoms with Gasteiger partial charge in [0.15, 0.2) is 0 Å². The molecule has 2 aliphatic heterocycles. The van der Waals surface area contributed by atoms with Gasteiger partial charge in [0.2, 0.25) is 0 Å². The molecule has 3 rings (SSSR count). The van der Waals surface area contributed by atoms with Gasteiger partial charge in [-0.1, -0.05) is 11.6 Å². The number of piperazine rings is 1. The van der Waals surface area contributed by atoms with Gasteiger partial charge >= 0.3 is 0 Å². The molecule has 0 amide bonds. The molecule has 0 aliphatic carbocycles. The number of hydrogen-bond donors (Lipinski definition) is 1. The molecular formula is C14H18ClN3O2. The SMILES string of the molecule is Cc1c(CN2CC3CCC(C2)N3)cc(Cl)cc1[N+](=O)[O-]. The minimum atomic E-state index is -0.355. The maximum absolute atomic E-state index is 11.1. The quantitative estimate of drug-likeness (QED) is 0.687. The highest BCUT2D eigenvalue weighted by molar-refractivity contribution is 6.30. The monoisotopic (exact) mass is 295 g/mol. The van der Waals surface area contributed by atoms with Crippen LogP contribution in [0, 0.1) is 17.0 Å². The van der Waals surface area contributed by atoms with Crippen molar-refractivity contribution in [2.75, 3.05) is 13.1 Å². The van der Waals surface area contributed by atoms with E-state index in [1.165, 1.54) is 18.9 Å². The topological polar surface area (TPSA) is 58.4 Å². The van der Waals surface area contributed by atoms with Crippen molar-refractivity contribution in [3.63, 3.8) is 0 Å². The van der Waals surface area contributed by atoms with Crippen LogP contribution >= 0.6 is 11.6 Å². The molecule has 1 aromatic carbocycles. The van der Waals surface area contributed by atoms with Crippen LogP contribution in [0.5, 0.6) is 0 Å². The minimum absolute atomic E-state index is 0.116. The lowest BCUT2D eigenvalue weighted by Gasteiger charge is -2.33. The van der Waals surface area contributed by atoms with Crippen LogP contribution in [-0.2, 0) is 6.54 Å². The van der Waals surface area contributed by atoms with Crippen molar-refractivity contribution in [3.05, 3.63) is 38.4 Å². The van der Waals surface area contributed by atoms with Crippen LogP contribution in [0.15, 0.2) is 12.1 Å². The summed E-state index contributed by atoms with van der Waals surface area (Å²) in [6, 6.07) is 4.43. The minimum Gasteiger partial charge on any atom is -0.309 e. The first-order valence-electron chi connectivity index (χ1n) is 6.95. The van der Waals surface area contributed by atoms with Gasteiger partial charge in [-0.25, -0.2) is 0 Å². The first-order valence-corrected chi connectivity index (χ1v) is 7.32. The van der Waals surface area contributed by atoms with Gasteiger partial charge in [0.05, 0.1) is 4.92 Å². The van der Waals surface area contributed by atoms with Gasteiger partial charge in [-0.05, 0) is 31.4 Å². The third kappa shape index (κ3) is 2.66. The first-order chi connectivity index (χ1) is 9.52. The molecule has 2 atom stereocenters. The Morgan fingerprint density at radius 1 is 1.40 bits per heavy atom. The van der Waals surface area contributed by atoms with Gasteiger partial charge in [0, 0.05) is 48.4 Å². The number of nitro benzene ring substituents is 1. The molecule has 1 N–H and O–H groups in total. The third-order valence-corrected chi connectivity index (χ3v) is 4.55. The van der Waals surface area contributed by atoms with Gasteiger partial charge in [-0.2, -0.15) is 0 Å². The van der Waals surface area contributed by atoms with E-state index >= 15 is 0 Å². The van der Waals surface area contributed by atoms with Gasteiger partial charge < -0.3 is 5.32 Å². The summed E-state index contributed by atoms with van der Waals surface area (Å²) in [4.78, 5) is 13.1. The van der Waals surface area contributed by atoms with Crippen molar-refractivity contribution in [2.45, 2.75) is 38.4 Å². The second-order valence-corrected chi connectivity index (χ2v) is 6.23. The van der Waals surface area contributed by atoms with E-state index in [0.717, 1.165) is 30.8 Å². The summed E-state index contributed by atoms with van der Waals surface area (Å²) in [7, 11) is 0. The summed E-state index contributed by atoms with van der Waals surface area (Å²) in [5.74, 6) is 0. The van der Waals surface area contributed by atoms with Crippen molar-refractivity contribution in [2.24, 2.45) is 0 Å². The zero-order chi connectivity index (χ0) is 14.3. The van der Waals surface area contributed by atoms with E-state index in [0.29, 0.717) is 17.1 Å². The lowest BCUT2D eigenvalue weighted by Crippen LogP contribution is -2.50. The number of fused-ring (bicyclic) bond motifs is 2. The lowest BCUT2D eigenvalue weighted by atomic mass is 10.1. The van der Waals surface area contributed by atoms with E-state index in [4.69, 9.17) is 11.6 Å². The second kappa shape index (κ2) is 5.31. The van der Waals surface area contributed by atoms with Crippen LogP contribution < -0.4 is 5.32 Å². The molecule has 2 heterocycles. The predicted octanol–water partition coefficient (Wildman–Crippen LogP) is 2.49. The Bertz CT molecular complexity index is 537. The van der Waals surface area contributed by atoms with Crippen molar-refractivity contribution in [3.8, 4) is 0 Å². The average molecular weight is 296 g/mol. The smallest absolute Gasteiger partial charge is 0.274 e. The van der Waals surface area contributed by atoms with Crippen molar-refractivity contribution in [1.29, 1.82) is 0 Å². The molecule has 2 aliphatic rings. The summed E-state index contributed by atoms with van der Waals surface area (Å²) in [6.07, 6.45) is 2.46. The van der Waals surface area contributed by atoms with E-state index in [1.54, 1.807) is 6.92 Å². The molecule has 20 heavy (non-hydrogen) atoms. The molecule has 2 saturated heterocycles. The highest BCUT2D eigenvalue weighted by atomic mass is 35.5. The lowest BCUT2D eigenvalue weighted by molar-refractivity contribution is -0.385. The highest BCUT2D eigenvalue weighted by Gasteiger charge is 2.32. The number of benzene rings is 1. The van der Waals surface area contributed by atoms with Crippen LogP contribution in [0.2, 0.25) is 5.02 Å². The number of nitrogens with one attached hydrogen (secondary N) is 1. The molecule has 5 nitrogen and oxygen atoms in total. The average Bonchev–Trinajstić information content (AvgIpc) is 2.72. The Hall–Kier alpha value is -1.17. The number of rotatable bonds is 3. The van der Waals surface area contributed by atoms with E-state index in [9.17, 15) is 10.1 Å².